The van der Waals surface area contributed by atoms with Crippen molar-refractivity contribution in [2.24, 2.45) is 5.73 Å². The molecular weight excluding hydrogens is 713 g/mol. The zero-order valence-corrected chi connectivity index (χ0v) is 33.1. The Hall–Kier alpha value is -7.26. The topological polar surface area (TPSA) is 52.0 Å². The van der Waals surface area contributed by atoms with Gasteiger partial charge in [0.2, 0.25) is 0 Å². The van der Waals surface area contributed by atoms with Crippen LogP contribution in [0.1, 0.15) is 38.9 Å². The Kier molecular flexibility index (Phi) is 10.1. The number of allylic oxidation sites excluding steroid dienone is 2. The highest BCUT2D eigenvalue weighted by Crippen LogP contribution is 2.65. The highest BCUT2D eigenvalue weighted by atomic mass is 14.6. The number of hydrogen-bond acceptors (Lipinski definition) is 2. The van der Waals surface area contributed by atoms with E-state index in [-0.39, 0.29) is 5.41 Å². The summed E-state index contributed by atoms with van der Waals surface area (Å²) in [7, 11) is 0. The molecule has 0 aliphatic heterocycles. The fraction of sp³-hybridized carbons (Fsp3) is 0.0526. The molecule has 2 heteroatoms. The number of hydrogen-bond donors (Lipinski definition) is 2. The van der Waals surface area contributed by atoms with Crippen LogP contribution in [0.2, 0.25) is 0 Å². The molecule has 4 N–H and O–H groups in total. The molecule has 2 aliphatic carbocycles. The van der Waals surface area contributed by atoms with Gasteiger partial charge >= 0.3 is 0 Å². The van der Waals surface area contributed by atoms with Gasteiger partial charge in [-0.2, -0.15) is 0 Å². The second-order valence-corrected chi connectivity index (χ2v) is 15.2. The highest BCUT2D eigenvalue weighted by Gasteiger charge is 2.52. The predicted octanol–water partition coefficient (Wildman–Crippen LogP) is 13.7. The molecule has 0 atom stereocenters. The molecule has 9 aromatic carbocycles. The van der Waals surface area contributed by atoms with Crippen molar-refractivity contribution in [1.82, 2.24) is 0 Å². The molecule has 1 spiro atoms. The summed E-state index contributed by atoms with van der Waals surface area (Å²) in [5.41, 5.74) is 29.3. The van der Waals surface area contributed by atoms with Crippen LogP contribution in [0.5, 0.6) is 0 Å². The molecular formula is C57H46N2. The molecule has 0 aromatic heterocycles. The van der Waals surface area contributed by atoms with Gasteiger partial charge in [-0.3, -0.25) is 0 Å². The molecule has 0 fully saturated rings. The van der Waals surface area contributed by atoms with Crippen molar-refractivity contribution in [3.63, 3.8) is 0 Å². The maximum absolute atomic E-state index is 5.97. The molecule has 11 rings (SSSR count). The fourth-order valence-electron chi connectivity index (χ4n) is 9.31. The minimum atomic E-state index is -0.373. The number of nitrogen functional groups attached to an aromatic ring is 1. The number of nitrogens with two attached hydrogens (primary N) is 2. The van der Waals surface area contributed by atoms with Gasteiger partial charge in [-0.1, -0.05) is 201 Å². The van der Waals surface area contributed by atoms with Crippen molar-refractivity contribution in [1.29, 1.82) is 0 Å². The quantitative estimate of drug-likeness (QED) is 0.136. The molecule has 9 aromatic rings. The summed E-state index contributed by atoms with van der Waals surface area (Å²) >= 11 is 0. The van der Waals surface area contributed by atoms with Crippen LogP contribution in [0.15, 0.2) is 219 Å². The summed E-state index contributed by atoms with van der Waals surface area (Å²) in [6.45, 7) is 7.27. The van der Waals surface area contributed by atoms with Gasteiger partial charge in [0, 0.05) is 12.2 Å². The Morgan fingerprint density at radius 1 is 0.458 bits per heavy atom. The van der Waals surface area contributed by atoms with Gasteiger partial charge in [0.25, 0.3) is 0 Å². The SMILES string of the molecule is C=CC=C.NCc1cccc(-c2ccc3c4c(ccc3c2)-c2c(ccc3ccccc23)C42c3ccccc3-c3ccccc32)c1.Nc1ccccc1Cc1ccccc1. The van der Waals surface area contributed by atoms with E-state index in [1.54, 1.807) is 12.2 Å². The van der Waals surface area contributed by atoms with Crippen LogP contribution in [0, 0.1) is 0 Å². The maximum Gasteiger partial charge on any atom is 0.0731 e. The summed E-state index contributed by atoms with van der Waals surface area (Å²) in [5, 5.41) is 5.18. The zero-order chi connectivity index (χ0) is 40.3. The lowest BCUT2D eigenvalue weighted by atomic mass is 9.69. The lowest BCUT2D eigenvalue weighted by Gasteiger charge is -2.31. The van der Waals surface area contributed by atoms with Crippen molar-refractivity contribution >= 4 is 27.2 Å². The van der Waals surface area contributed by atoms with Gasteiger partial charge in [-0.15, -0.1) is 0 Å². The Morgan fingerprint density at radius 2 is 1.08 bits per heavy atom. The summed E-state index contributed by atoms with van der Waals surface area (Å²) in [5.74, 6) is 0. The molecule has 0 saturated carbocycles. The first kappa shape index (κ1) is 37.3. The third-order valence-corrected chi connectivity index (χ3v) is 11.9. The second kappa shape index (κ2) is 15.9. The van der Waals surface area contributed by atoms with Crippen molar-refractivity contribution in [3.8, 4) is 33.4 Å². The largest absolute Gasteiger partial charge is 0.398 e. The first-order valence-corrected chi connectivity index (χ1v) is 20.3. The van der Waals surface area contributed by atoms with Crippen molar-refractivity contribution < 1.29 is 0 Å². The molecule has 2 nitrogen and oxygen atoms in total. The third kappa shape index (κ3) is 6.45. The summed E-state index contributed by atoms with van der Waals surface area (Å²) in [6.07, 6.45) is 4.19. The van der Waals surface area contributed by atoms with Crippen LogP contribution in [0.25, 0.3) is 54.9 Å². The van der Waals surface area contributed by atoms with E-state index >= 15 is 0 Å². The Morgan fingerprint density at radius 3 is 1.81 bits per heavy atom. The van der Waals surface area contributed by atoms with E-state index in [1.165, 1.54) is 88.3 Å². The number of rotatable bonds is 5. The van der Waals surface area contributed by atoms with Crippen LogP contribution < -0.4 is 11.5 Å². The number of fused-ring (bicyclic) bond motifs is 14. The zero-order valence-electron chi connectivity index (χ0n) is 33.1. The first-order valence-electron chi connectivity index (χ1n) is 20.3. The van der Waals surface area contributed by atoms with E-state index in [1.807, 2.05) is 24.3 Å². The van der Waals surface area contributed by atoms with E-state index < -0.39 is 0 Å². The van der Waals surface area contributed by atoms with Gasteiger partial charge in [0.05, 0.1) is 5.41 Å². The number of anilines is 1. The van der Waals surface area contributed by atoms with Gasteiger partial charge in [0.15, 0.2) is 0 Å². The lowest BCUT2D eigenvalue weighted by Crippen LogP contribution is -2.26. The molecule has 0 radical (unpaired) electrons. The maximum atomic E-state index is 5.97. The third-order valence-electron chi connectivity index (χ3n) is 11.9. The summed E-state index contributed by atoms with van der Waals surface area (Å²) in [4.78, 5) is 0. The average molecular weight is 759 g/mol. The van der Waals surface area contributed by atoms with Crippen molar-refractivity contribution in [3.05, 3.63) is 258 Å². The second-order valence-electron chi connectivity index (χ2n) is 15.2. The average Bonchev–Trinajstić information content (AvgIpc) is 3.78. The van der Waals surface area contributed by atoms with Crippen LogP contribution in [0.4, 0.5) is 5.69 Å². The lowest BCUT2D eigenvalue weighted by molar-refractivity contribution is 0.802. The molecule has 284 valence electrons. The standard InChI is InChI=1S/C40H27N.C13H13N.C4H6/c41-24-25-8-7-10-27(22-25)28-16-19-31-29(23-28)17-20-34-38-30-11-2-1-9-26(30)18-21-37(38)40(39(31)34)35-14-5-3-12-32(35)33-13-4-6-15-36(33)40;14-13-9-5-4-8-12(13)10-11-6-2-1-3-7-11;1-3-4-2/h1-23H,24,41H2;1-9H,10,14H2;3-4H,1-2H2. The molecule has 0 bridgehead atoms. The molecule has 0 unspecified atom stereocenters. The minimum Gasteiger partial charge on any atom is -0.398 e. The van der Waals surface area contributed by atoms with E-state index in [0.717, 1.165) is 17.7 Å². The molecule has 0 amide bonds. The Bertz CT molecular complexity index is 2960. The molecule has 0 heterocycles. The van der Waals surface area contributed by atoms with Gasteiger partial charge in [0.1, 0.15) is 0 Å². The number of para-hydroxylation sites is 1. The minimum absolute atomic E-state index is 0.373. The normalized spacial score (nSPS) is 12.3. The smallest absolute Gasteiger partial charge is 0.0731 e. The molecule has 2 aliphatic rings. The molecule has 59 heavy (non-hydrogen) atoms. The predicted molar refractivity (Wildman–Crippen MR) is 252 cm³/mol. The van der Waals surface area contributed by atoms with Crippen LogP contribution in [0.3, 0.4) is 0 Å². The van der Waals surface area contributed by atoms with Crippen molar-refractivity contribution in [2.75, 3.05) is 5.73 Å². The fourth-order valence-corrected chi connectivity index (χ4v) is 9.31. The van der Waals surface area contributed by atoms with E-state index in [9.17, 15) is 0 Å². The summed E-state index contributed by atoms with van der Waals surface area (Å²) < 4.78 is 0. The summed E-state index contributed by atoms with van der Waals surface area (Å²) in [6, 6.07) is 70.3. The van der Waals surface area contributed by atoms with Crippen LogP contribution >= 0.6 is 0 Å². The van der Waals surface area contributed by atoms with Crippen molar-refractivity contribution in [2.45, 2.75) is 18.4 Å². The van der Waals surface area contributed by atoms with Gasteiger partial charge in [-0.25, -0.2) is 0 Å². The monoisotopic (exact) mass is 758 g/mol. The van der Waals surface area contributed by atoms with Gasteiger partial charge < -0.3 is 11.5 Å². The van der Waals surface area contributed by atoms with Crippen LogP contribution in [-0.4, -0.2) is 0 Å². The van der Waals surface area contributed by atoms with E-state index in [2.05, 4.69) is 183 Å². The highest BCUT2D eigenvalue weighted by molar-refractivity contribution is 6.11. The van der Waals surface area contributed by atoms with Crippen LogP contribution in [-0.2, 0) is 18.4 Å². The Labute approximate surface area is 347 Å². The van der Waals surface area contributed by atoms with E-state index in [0.29, 0.717) is 6.54 Å². The molecule has 0 saturated heterocycles. The van der Waals surface area contributed by atoms with E-state index in [4.69, 9.17) is 11.5 Å². The Balaban J connectivity index is 0.000000208. The first-order chi connectivity index (χ1) is 29.1. The van der Waals surface area contributed by atoms with Gasteiger partial charge in [-0.05, 0) is 118 Å². The number of benzene rings is 9.